The molecule has 0 aliphatic heterocycles. The van der Waals surface area contributed by atoms with Gasteiger partial charge in [-0.25, -0.2) is 0 Å². The Bertz CT molecular complexity index is 788. The zero-order valence-corrected chi connectivity index (χ0v) is 13.2. The third-order valence-electron chi connectivity index (χ3n) is 3.68. The van der Waals surface area contributed by atoms with Crippen LogP contribution in [0.5, 0.6) is 0 Å². The van der Waals surface area contributed by atoms with Gasteiger partial charge in [-0.05, 0) is 30.7 Å². The van der Waals surface area contributed by atoms with E-state index < -0.39 is 0 Å². The van der Waals surface area contributed by atoms with Crippen molar-refractivity contribution in [2.24, 2.45) is 0 Å². The number of rotatable bonds is 7. The number of carbonyl (C=O) groups excluding carboxylic acids is 2. The molecule has 0 aliphatic rings. The first kappa shape index (κ1) is 15.9. The van der Waals surface area contributed by atoms with Gasteiger partial charge in [-0.15, -0.1) is 0 Å². The molecule has 24 heavy (non-hydrogen) atoms. The SMILES string of the molecule is O=C(CCCNC(=O)c1cc2ccccc2[nH]1)NCc1ccco1. The molecular formula is C18H19N3O3. The zero-order chi connectivity index (χ0) is 16.8. The van der Waals surface area contributed by atoms with Gasteiger partial charge >= 0.3 is 0 Å². The molecule has 6 nitrogen and oxygen atoms in total. The standard InChI is InChI=1S/C18H19N3O3/c22-17(20-12-14-6-4-10-24-14)8-3-9-19-18(23)16-11-13-5-1-2-7-15(13)21-16/h1-2,4-7,10-11,21H,3,8-9,12H2,(H,19,23)(H,20,22). The summed E-state index contributed by atoms with van der Waals surface area (Å²) < 4.78 is 5.14. The maximum absolute atomic E-state index is 12.1. The maximum atomic E-state index is 12.1. The molecule has 0 saturated heterocycles. The Morgan fingerprint density at radius 2 is 1.96 bits per heavy atom. The molecular weight excluding hydrogens is 306 g/mol. The molecule has 2 amide bonds. The summed E-state index contributed by atoms with van der Waals surface area (Å²) in [6.45, 7) is 0.829. The Labute approximate surface area is 139 Å². The Hall–Kier alpha value is -3.02. The van der Waals surface area contributed by atoms with Crippen LogP contribution in [0.2, 0.25) is 0 Å². The van der Waals surface area contributed by atoms with Gasteiger partial charge < -0.3 is 20.0 Å². The highest BCUT2D eigenvalue weighted by Gasteiger charge is 2.09. The first-order chi connectivity index (χ1) is 11.7. The van der Waals surface area contributed by atoms with Gasteiger partial charge in [-0.3, -0.25) is 9.59 Å². The monoisotopic (exact) mass is 325 g/mol. The number of aromatic nitrogens is 1. The summed E-state index contributed by atoms with van der Waals surface area (Å²) in [7, 11) is 0. The van der Waals surface area contributed by atoms with Crippen LogP contribution in [0.3, 0.4) is 0 Å². The van der Waals surface area contributed by atoms with Crippen molar-refractivity contribution >= 4 is 22.7 Å². The van der Waals surface area contributed by atoms with Gasteiger partial charge in [0.1, 0.15) is 11.5 Å². The highest BCUT2D eigenvalue weighted by atomic mass is 16.3. The summed E-state index contributed by atoms with van der Waals surface area (Å²) in [5, 5.41) is 6.59. The van der Waals surface area contributed by atoms with Gasteiger partial charge in [-0.2, -0.15) is 0 Å². The third-order valence-corrected chi connectivity index (χ3v) is 3.68. The van der Waals surface area contributed by atoms with Crippen molar-refractivity contribution in [3.8, 4) is 0 Å². The second kappa shape index (κ2) is 7.50. The molecule has 0 radical (unpaired) electrons. The van der Waals surface area contributed by atoms with E-state index in [1.165, 1.54) is 0 Å². The van der Waals surface area contributed by atoms with E-state index in [4.69, 9.17) is 4.42 Å². The van der Waals surface area contributed by atoms with Crippen LogP contribution in [0.4, 0.5) is 0 Å². The highest BCUT2D eigenvalue weighted by molar-refractivity contribution is 5.97. The quantitative estimate of drug-likeness (QED) is 0.584. The van der Waals surface area contributed by atoms with Gasteiger partial charge in [0.2, 0.25) is 5.91 Å². The normalized spacial score (nSPS) is 10.7. The van der Waals surface area contributed by atoms with Crippen LogP contribution in [-0.2, 0) is 11.3 Å². The molecule has 124 valence electrons. The van der Waals surface area contributed by atoms with Crippen LogP contribution in [0.15, 0.2) is 53.1 Å². The number of hydrogen-bond acceptors (Lipinski definition) is 3. The molecule has 3 N–H and O–H groups in total. The molecule has 0 saturated carbocycles. The fraction of sp³-hybridized carbons (Fsp3) is 0.222. The van der Waals surface area contributed by atoms with E-state index in [9.17, 15) is 9.59 Å². The summed E-state index contributed by atoms with van der Waals surface area (Å²) >= 11 is 0. The van der Waals surface area contributed by atoms with Crippen LogP contribution in [0.25, 0.3) is 10.9 Å². The van der Waals surface area contributed by atoms with E-state index in [2.05, 4.69) is 15.6 Å². The van der Waals surface area contributed by atoms with Crippen LogP contribution in [0, 0.1) is 0 Å². The van der Waals surface area contributed by atoms with E-state index in [-0.39, 0.29) is 11.8 Å². The lowest BCUT2D eigenvalue weighted by molar-refractivity contribution is -0.121. The Morgan fingerprint density at radius 1 is 1.08 bits per heavy atom. The topological polar surface area (TPSA) is 87.1 Å². The van der Waals surface area contributed by atoms with Crippen LogP contribution in [0.1, 0.15) is 29.1 Å². The second-order valence-electron chi connectivity index (χ2n) is 5.49. The molecule has 0 fully saturated rings. The predicted octanol–water partition coefficient (Wildman–Crippen LogP) is 2.59. The number of para-hydroxylation sites is 1. The first-order valence-corrected chi connectivity index (χ1v) is 7.87. The number of benzene rings is 1. The predicted molar refractivity (Wildman–Crippen MR) is 90.4 cm³/mol. The van der Waals surface area contributed by atoms with E-state index in [0.717, 1.165) is 16.7 Å². The molecule has 0 unspecified atom stereocenters. The number of amides is 2. The van der Waals surface area contributed by atoms with Gasteiger partial charge in [-0.1, -0.05) is 18.2 Å². The summed E-state index contributed by atoms with van der Waals surface area (Å²) in [6, 6.07) is 13.1. The fourth-order valence-electron chi connectivity index (χ4n) is 2.43. The Kier molecular flexibility index (Phi) is 4.96. The van der Waals surface area contributed by atoms with E-state index in [0.29, 0.717) is 31.6 Å². The van der Waals surface area contributed by atoms with Crippen molar-refractivity contribution in [3.63, 3.8) is 0 Å². The number of fused-ring (bicyclic) bond motifs is 1. The average Bonchev–Trinajstić information content (AvgIpc) is 3.25. The number of furan rings is 1. The van der Waals surface area contributed by atoms with Crippen LogP contribution >= 0.6 is 0 Å². The molecule has 2 heterocycles. The first-order valence-electron chi connectivity index (χ1n) is 7.87. The molecule has 3 aromatic rings. The van der Waals surface area contributed by atoms with Crippen molar-refractivity contribution in [2.45, 2.75) is 19.4 Å². The van der Waals surface area contributed by atoms with Crippen molar-refractivity contribution in [1.29, 1.82) is 0 Å². The fourth-order valence-corrected chi connectivity index (χ4v) is 2.43. The van der Waals surface area contributed by atoms with Crippen LogP contribution < -0.4 is 10.6 Å². The Balaban J connectivity index is 1.38. The largest absolute Gasteiger partial charge is 0.467 e. The highest BCUT2D eigenvalue weighted by Crippen LogP contribution is 2.14. The third kappa shape index (κ3) is 4.04. The molecule has 0 atom stereocenters. The second-order valence-corrected chi connectivity index (χ2v) is 5.49. The number of aromatic amines is 1. The van der Waals surface area contributed by atoms with Gasteiger partial charge in [0, 0.05) is 23.9 Å². The number of carbonyl (C=O) groups is 2. The lowest BCUT2D eigenvalue weighted by Gasteiger charge is -2.05. The van der Waals surface area contributed by atoms with E-state index in [1.807, 2.05) is 30.3 Å². The summed E-state index contributed by atoms with van der Waals surface area (Å²) in [5.41, 5.74) is 1.46. The molecule has 1 aromatic carbocycles. The summed E-state index contributed by atoms with van der Waals surface area (Å²) in [6.07, 6.45) is 2.50. The van der Waals surface area contributed by atoms with Gasteiger partial charge in [0.15, 0.2) is 0 Å². The minimum absolute atomic E-state index is 0.0636. The van der Waals surface area contributed by atoms with Crippen molar-refractivity contribution in [1.82, 2.24) is 15.6 Å². The smallest absolute Gasteiger partial charge is 0.267 e. The summed E-state index contributed by atoms with van der Waals surface area (Å²) in [4.78, 5) is 26.9. The van der Waals surface area contributed by atoms with Crippen LogP contribution in [-0.4, -0.2) is 23.3 Å². The summed E-state index contributed by atoms with van der Waals surface area (Å²) in [5.74, 6) is 0.490. The van der Waals surface area contributed by atoms with Gasteiger partial charge in [0.25, 0.3) is 5.91 Å². The molecule has 6 heteroatoms. The maximum Gasteiger partial charge on any atom is 0.267 e. The van der Waals surface area contributed by atoms with Crippen molar-refractivity contribution < 1.29 is 14.0 Å². The minimum atomic E-state index is -0.165. The van der Waals surface area contributed by atoms with E-state index in [1.54, 1.807) is 18.4 Å². The average molecular weight is 325 g/mol. The van der Waals surface area contributed by atoms with Gasteiger partial charge in [0.05, 0.1) is 12.8 Å². The van der Waals surface area contributed by atoms with Crippen molar-refractivity contribution in [2.75, 3.05) is 6.54 Å². The Morgan fingerprint density at radius 3 is 2.75 bits per heavy atom. The number of H-pyrrole nitrogens is 1. The lowest BCUT2D eigenvalue weighted by Crippen LogP contribution is -2.27. The molecule has 0 spiro atoms. The lowest BCUT2D eigenvalue weighted by atomic mass is 10.2. The molecule has 3 rings (SSSR count). The number of nitrogens with one attached hydrogen (secondary N) is 3. The van der Waals surface area contributed by atoms with Crippen molar-refractivity contribution in [3.05, 3.63) is 60.2 Å². The zero-order valence-electron chi connectivity index (χ0n) is 13.2. The minimum Gasteiger partial charge on any atom is -0.467 e. The molecule has 0 bridgehead atoms. The molecule has 2 aromatic heterocycles. The van der Waals surface area contributed by atoms with E-state index >= 15 is 0 Å². The number of hydrogen-bond donors (Lipinski definition) is 3. The molecule has 0 aliphatic carbocycles.